The second-order valence-corrected chi connectivity index (χ2v) is 7.27. The monoisotopic (exact) mass is 283 g/mol. The third-order valence-corrected chi connectivity index (χ3v) is 4.81. The Kier molecular flexibility index (Phi) is 3.91. The first-order valence-electron chi connectivity index (χ1n) is 8.09. The van der Waals surface area contributed by atoms with E-state index in [-0.39, 0.29) is 0 Å². The first kappa shape index (κ1) is 14.4. The van der Waals surface area contributed by atoms with Crippen molar-refractivity contribution in [2.45, 2.75) is 52.1 Å². The van der Waals surface area contributed by atoms with Crippen LogP contribution in [0.1, 0.15) is 50.7 Å². The minimum absolute atomic E-state index is 0.442. The average Bonchev–Trinajstić information content (AvgIpc) is 3.29. The number of nitriles is 1. The van der Waals surface area contributed by atoms with Crippen LogP contribution in [0.5, 0.6) is 0 Å². The summed E-state index contributed by atoms with van der Waals surface area (Å²) in [5.74, 6) is 0. The zero-order valence-electron chi connectivity index (χ0n) is 13.2. The Morgan fingerprint density at radius 2 is 2.00 bits per heavy atom. The molecule has 1 aromatic rings. The molecule has 1 aliphatic carbocycles. The standard InChI is InChI=1S/C18H25N3/c1-18(2)7-9-21(10-8-18)17-6-3-14(11-15(17)12-19)13-20-16-4-5-16/h3,6,11,16,20H,4-5,7-10,13H2,1-2H3. The highest BCUT2D eigenvalue weighted by atomic mass is 15.1. The van der Waals surface area contributed by atoms with Gasteiger partial charge < -0.3 is 10.2 Å². The van der Waals surface area contributed by atoms with Gasteiger partial charge in [0, 0.05) is 25.7 Å². The van der Waals surface area contributed by atoms with E-state index < -0.39 is 0 Å². The first-order valence-corrected chi connectivity index (χ1v) is 8.09. The molecule has 2 aliphatic rings. The summed E-state index contributed by atoms with van der Waals surface area (Å²) in [7, 11) is 0. The molecule has 1 saturated carbocycles. The topological polar surface area (TPSA) is 39.1 Å². The van der Waals surface area contributed by atoms with Crippen LogP contribution in [0, 0.1) is 16.7 Å². The molecule has 1 aliphatic heterocycles. The molecular weight excluding hydrogens is 258 g/mol. The lowest BCUT2D eigenvalue weighted by Crippen LogP contribution is -2.37. The smallest absolute Gasteiger partial charge is 0.101 e. The second kappa shape index (κ2) is 5.69. The maximum Gasteiger partial charge on any atom is 0.101 e. The summed E-state index contributed by atoms with van der Waals surface area (Å²) >= 11 is 0. The predicted octanol–water partition coefficient (Wildman–Crippen LogP) is 3.44. The van der Waals surface area contributed by atoms with Crippen LogP contribution in [0.4, 0.5) is 5.69 Å². The van der Waals surface area contributed by atoms with Crippen molar-refractivity contribution >= 4 is 5.69 Å². The highest BCUT2D eigenvalue weighted by Gasteiger charge is 2.26. The van der Waals surface area contributed by atoms with Crippen LogP contribution in [-0.2, 0) is 6.54 Å². The van der Waals surface area contributed by atoms with Crippen LogP contribution in [-0.4, -0.2) is 19.1 Å². The molecule has 1 aromatic carbocycles. The van der Waals surface area contributed by atoms with Crippen molar-refractivity contribution in [3.63, 3.8) is 0 Å². The fourth-order valence-corrected chi connectivity index (χ4v) is 2.96. The van der Waals surface area contributed by atoms with Gasteiger partial charge >= 0.3 is 0 Å². The molecule has 0 unspecified atom stereocenters. The molecule has 0 atom stereocenters. The first-order chi connectivity index (χ1) is 10.1. The van der Waals surface area contributed by atoms with Crippen molar-refractivity contribution in [3.8, 4) is 6.07 Å². The van der Waals surface area contributed by atoms with Gasteiger partial charge in [0.05, 0.1) is 11.3 Å². The third-order valence-electron chi connectivity index (χ3n) is 4.81. The van der Waals surface area contributed by atoms with E-state index in [1.165, 1.54) is 31.2 Å². The third kappa shape index (κ3) is 3.57. The SMILES string of the molecule is CC1(C)CCN(c2ccc(CNC3CC3)cc2C#N)CC1. The van der Waals surface area contributed by atoms with E-state index in [1.807, 2.05) is 0 Å². The molecule has 0 amide bonds. The number of piperidine rings is 1. The van der Waals surface area contributed by atoms with Gasteiger partial charge in [0.1, 0.15) is 6.07 Å². The van der Waals surface area contributed by atoms with Crippen LogP contribution in [0.15, 0.2) is 18.2 Å². The van der Waals surface area contributed by atoms with Gasteiger partial charge in [-0.25, -0.2) is 0 Å². The summed E-state index contributed by atoms with van der Waals surface area (Å²) in [4.78, 5) is 2.38. The lowest BCUT2D eigenvalue weighted by molar-refractivity contribution is 0.280. The number of hydrogen-bond donors (Lipinski definition) is 1. The molecule has 3 nitrogen and oxygen atoms in total. The minimum atomic E-state index is 0.442. The molecule has 0 spiro atoms. The average molecular weight is 283 g/mol. The summed E-state index contributed by atoms with van der Waals surface area (Å²) in [6.07, 6.45) is 4.99. The van der Waals surface area contributed by atoms with Crippen LogP contribution in [0.2, 0.25) is 0 Å². The Labute approximate surface area is 128 Å². The molecule has 1 N–H and O–H groups in total. The van der Waals surface area contributed by atoms with Gasteiger partial charge in [-0.2, -0.15) is 5.26 Å². The van der Waals surface area contributed by atoms with Gasteiger partial charge in [-0.3, -0.25) is 0 Å². The fraction of sp³-hybridized carbons (Fsp3) is 0.611. The molecule has 0 bridgehead atoms. The number of rotatable bonds is 4. The molecule has 1 saturated heterocycles. The van der Waals surface area contributed by atoms with Crippen LogP contribution < -0.4 is 10.2 Å². The second-order valence-electron chi connectivity index (χ2n) is 7.27. The lowest BCUT2D eigenvalue weighted by atomic mass is 9.82. The number of anilines is 1. The Hall–Kier alpha value is -1.53. The molecule has 21 heavy (non-hydrogen) atoms. The van der Waals surface area contributed by atoms with Crippen molar-refractivity contribution < 1.29 is 0 Å². The Morgan fingerprint density at radius 3 is 2.62 bits per heavy atom. The Balaban J connectivity index is 1.71. The van der Waals surface area contributed by atoms with Crippen LogP contribution in [0.25, 0.3) is 0 Å². The predicted molar refractivity (Wildman–Crippen MR) is 86.2 cm³/mol. The van der Waals surface area contributed by atoms with E-state index in [1.54, 1.807) is 0 Å². The summed E-state index contributed by atoms with van der Waals surface area (Å²) in [6.45, 7) is 7.67. The molecule has 0 aromatic heterocycles. The molecular formula is C18H25N3. The quantitative estimate of drug-likeness (QED) is 0.920. The lowest BCUT2D eigenvalue weighted by Gasteiger charge is -2.38. The summed E-state index contributed by atoms with van der Waals surface area (Å²) < 4.78 is 0. The van der Waals surface area contributed by atoms with Crippen LogP contribution >= 0.6 is 0 Å². The van der Waals surface area contributed by atoms with E-state index in [2.05, 4.69) is 48.3 Å². The van der Waals surface area contributed by atoms with Gasteiger partial charge in [-0.05, 0) is 48.8 Å². The fourth-order valence-electron chi connectivity index (χ4n) is 2.96. The van der Waals surface area contributed by atoms with E-state index in [9.17, 15) is 5.26 Å². The summed E-state index contributed by atoms with van der Waals surface area (Å²) in [6, 6.07) is 9.47. The minimum Gasteiger partial charge on any atom is -0.370 e. The molecule has 1 heterocycles. The zero-order chi connectivity index (χ0) is 14.9. The number of nitrogens with zero attached hydrogens (tertiary/aromatic N) is 2. The van der Waals surface area contributed by atoms with Gasteiger partial charge in [0.15, 0.2) is 0 Å². The van der Waals surface area contributed by atoms with Crippen molar-refractivity contribution in [1.82, 2.24) is 5.32 Å². The van der Waals surface area contributed by atoms with Gasteiger partial charge in [-0.1, -0.05) is 19.9 Å². The van der Waals surface area contributed by atoms with E-state index in [0.717, 1.165) is 30.9 Å². The molecule has 112 valence electrons. The number of benzene rings is 1. The normalized spacial score (nSPS) is 21.1. The van der Waals surface area contributed by atoms with Gasteiger partial charge in [0.25, 0.3) is 0 Å². The Morgan fingerprint density at radius 1 is 1.29 bits per heavy atom. The van der Waals surface area contributed by atoms with Crippen molar-refractivity contribution in [1.29, 1.82) is 5.26 Å². The van der Waals surface area contributed by atoms with Crippen molar-refractivity contribution in [2.75, 3.05) is 18.0 Å². The molecule has 3 heteroatoms. The highest BCUT2D eigenvalue weighted by Crippen LogP contribution is 2.33. The molecule has 0 radical (unpaired) electrons. The maximum absolute atomic E-state index is 9.47. The highest BCUT2D eigenvalue weighted by molar-refractivity contribution is 5.60. The molecule has 3 rings (SSSR count). The zero-order valence-corrected chi connectivity index (χ0v) is 13.2. The Bertz CT molecular complexity index is 542. The largest absolute Gasteiger partial charge is 0.370 e. The number of nitrogens with one attached hydrogen (secondary N) is 1. The summed E-state index contributed by atoms with van der Waals surface area (Å²) in [5, 5.41) is 13.0. The van der Waals surface area contributed by atoms with E-state index in [0.29, 0.717) is 11.5 Å². The van der Waals surface area contributed by atoms with Gasteiger partial charge in [0.2, 0.25) is 0 Å². The van der Waals surface area contributed by atoms with Crippen molar-refractivity contribution in [3.05, 3.63) is 29.3 Å². The van der Waals surface area contributed by atoms with Gasteiger partial charge in [-0.15, -0.1) is 0 Å². The van der Waals surface area contributed by atoms with Crippen molar-refractivity contribution in [2.24, 2.45) is 5.41 Å². The number of hydrogen-bond acceptors (Lipinski definition) is 3. The summed E-state index contributed by atoms with van der Waals surface area (Å²) in [5.41, 5.74) is 3.60. The maximum atomic E-state index is 9.47. The van der Waals surface area contributed by atoms with Crippen LogP contribution in [0.3, 0.4) is 0 Å². The van der Waals surface area contributed by atoms with E-state index in [4.69, 9.17) is 0 Å². The van der Waals surface area contributed by atoms with E-state index >= 15 is 0 Å². The molecule has 2 fully saturated rings.